The van der Waals surface area contributed by atoms with E-state index >= 15 is 0 Å². The van der Waals surface area contributed by atoms with Gasteiger partial charge in [0.05, 0.1) is 0 Å². The molecule has 0 aliphatic rings. The monoisotopic (exact) mass is 233 g/mol. The zero-order valence-corrected chi connectivity index (χ0v) is 13.0. The molecule has 0 saturated carbocycles. The van der Waals surface area contributed by atoms with Crippen molar-refractivity contribution in [1.29, 1.82) is 0 Å². The molecule has 2 nitrogen and oxygen atoms in total. The van der Waals surface area contributed by atoms with Crippen molar-refractivity contribution in [3.63, 3.8) is 0 Å². The van der Waals surface area contributed by atoms with Crippen LogP contribution in [0.2, 0.25) is 32.2 Å². The van der Waals surface area contributed by atoms with Crippen molar-refractivity contribution in [2.45, 2.75) is 53.0 Å². The van der Waals surface area contributed by atoms with Crippen molar-refractivity contribution in [2.24, 2.45) is 0 Å². The summed E-state index contributed by atoms with van der Waals surface area (Å²) in [4.78, 5) is 0. The standard InChI is InChI=1S/C10H27NOSi2/c1-8-11(9-2)14(7,10-3)12-13(4,5)6/h8-10H2,1-7H3. The Labute approximate surface area is 92.0 Å². The summed E-state index contributed by atoms with van der Waals surface area (Å²) >= 11 is 0. The van der Waals surface area contributed by atoms with Gasteiger partial charge in [-0.15, -0.1) is 0 Å². The van der Waals surface area contributed by atoms with E-state index in [-0.39, 0.29) is 0 Å². The molecule has 1 atom stereocenters. The zero-order chi connectivity index (χ0) is 11.4. The van der Waals surface area contributed by atoms with Gasteiger partial charge in [-0.3, -0.25) is 0 Å². The van der Waals surface area contributed by atoms with Crippen LogP contribution in [0, 0.1) is 0 Å². The van der Waals surface area contributed by atoms with Crippen LogP contribution in [-0.2, 0) is 4.12 Å². The lowest BCUT2D eigenvalue weighted by molar-refractivity contribution is 0.367. The van der Waals surface area contributed by atoms with Crippen molar-refractivity contribution < 1.29 is 4.12 Å². The smallest absolute Gasteiger partial charge is 0.257 e. The van der Waals surface area contributed by atoms with Crippen LogP contribution in [0.3, 0.4) is 0 Å². The van der Waals surface area contributed by atoms with Gasteiger partial charge in [-0.05, 0) is 45.3 Å². The fourth-order valence-corrected chi connectivity index (χ4v) is 10.1. The molecule has 0 aromatic heterocycles. The molecule has 0 rings (SSSR count). The first-order valence-corrected chi connectivity index (χ1v) is 11.7. The third kappa shape index (κ3) is 4.25. The van der Waals surface area contributed by atoms with E-state index < -0.39 is 16.8 Å². The molecule has 1 unspecified atom stereocenters. The molecule has 0 aromatic rings. The first kappa shape index (κ1) is 14.4. The average Bonchev–Trinajstić information content (AvgIpc) is 2.03. The van der Waals surface area contributed by atoms with E-state index in [2.05, 4.69) is 51.5 Å². The van der Waals surface area contributed by atoms with E-state index in [1.807, 2.05) is 0 Å². The minimum Gasteiger partial charge on any atom is -0.445 e. The number of nitrogens with zero attached hydrogens (tertiary/aromatic N) is 1. The minimum atomic E-state index is -1.59. The maximum Gasteiger partial charge on any atom is 0.257 e. The summed E-state index contributed by atoms with van der Waals surface area (Å²) in [5.74, 6) is 0. The van der Waals surface area contributed by atoms with Gasteiger partial charge in [-0.2, -0.15) is 0 Å². The van der Waals surface area contributed by atoms with Gasteiger partial charge < -0.3 is 8.68 Å². The Hall–Kier alpha value is 0.354. The molecule has 0 N–H and O–H groups in total. The number of rotatable bonds is 6. The fourth-order valence-electron chi connectivity index (χ4n) is 1.91. The predicted octanol–water partition coefficient (Wildman–Crippen LogP) is 3.27. The molecule has 4 heteroatoms. The van der Waals surface area contributed by atoms with E-state index in [1.54, 1.807) is 0 Å². The van der Waals surface area contributed by atoms with E-state index in [0.717, 1.165) is 13.1 Å². The normalized spacial score (nSPS) is 17.1. The van der Waals surface area contributed by atoms with Gasteiger partial charge in [0.15, 0.2) is 8.32 Å². The highest BCUT2D eigenvalue weighted by Gasteiger charge is 2.37. The largest absolute Gasteiger partial charge is 0.445 e. The predicted molar refractivity (Wildman–Crippen MR) is 69.5 cm³/mol. The van der Waals surface area contributed by atoms with Gasteiger partial charge in [-0.1, -0.05) is 20.8 Å². The van der Waals surface area contributed by atoms with Crippen LogP contribution in [0.1, 0.15) is 20.8 Å². The van der Waals surface area contributed by atoms with Crippen molar-refractivity contribution >= 4 is 16.8 Å². The van der Waals surface area contributed by atoms with Crippen LogP contribution in [0.4, 0.5) is 0 Å². The van der Waals surface area contributed by atoms with Gasteiger partial charge in [0.1, 0.15) is 0 Å². The summed E-state index contributed by atoms with van der Waals surface area (Å²) in [7, 11) is -2.98. The molecule has 0 aromatic carbocycles. The molecule has 0 fully saturated rings. The van der Waals surface area contributed by atoms with Crippen molar-refractivity contribution in [2.75, 3.05) is 13.1 Å². The summed E-state index contributed by atoms with van der Waals surface area (Å²) in [6.07, 6.45) is 0. The summed E-state index contributed by atoms with van der Waals surface area (Å²) in [5, 5.41) is 0. The molecule has 0 bridgehead atoms. The molecular formula is C10H27NOSi2. The van der Waals surface area contributed by atoms with E-state index in [4.69, 9.17) is 4.12 Å². The first-order valence-electron chi connectivity index (χ1n) is 5.74. The van der Waals surface area contributed by atoms with Gasteiger partial charge in [0.2, 0.25) is 0 Å². The maximum absolute atomic E-state index is 6.42. The number of hydrogen-bond acceptors (Lipinski definition) is 2. The third-order valence-electron chi connectivity index (χ3n) is 2.61. The second-order valence-corrected chi connectivity index (χ2v) is 13.6. The van der Waals surface area contributed by atoms with Crippen molar-refractivity contribution in [3.05, 3.63) is 0 Å². The molecule has 0 saturated heterocycles. The molecule has 0 radical (unpaired) electrons. The Kier molecular flexibility index (Phi) is 5.58. The second kappa shape index (κ2) is 5.44. The van der Waals surface area contributed by atoms with Crippen LogP contribution >= 0.6 is 0 Å². The highest BCUT2D eigenvalue weighted by atomic mass is 28.4. The lowest BCUT2D eigenvalue weighted by Crippen LogP contribution is -2.57. The molecule has 0 aliphatic carbocycles. The summed E-state index contributed by atoms with van der Waals surface area (Å²) in [6, 6.07) is 1.19. The zero-order valence-electron chi connectivity index (χ0n) is 11.0. The highest BCUT2D eigenvalue weighted by Crippen LogP contribution is 2.21. The summed E-state index contributed by atoms with van der Waals surface area (Å²) in [6.45, 7) is 18.2. The van der Waals surface area contributed by atoms with E-state index in [1.165, 1.54) is 6.04 Å². The van der Waals surface area contributed by atoms with Crippen molar-refractivity contribution in [1.82, 2.24) is 4.57 Å². The Bertz CT molecular complexity index is 166. The van der Waals surface area contributed by atoms with Gasteiger partial charge in [0, 0.05) is 0 Å². The quantitative estimate of drug-likeness (QED) is 0.653. The molecular weight excluding hydrogens is 206 g/mol. The molecule has 0 heterocycles. The second-order valence-electron chi connectivity index (χ2n) is 4.92. The SMILES string of the molecule is CCN(CC)[Si](C)(CC)O[Si](C)(C)C. The molecule has 86 valence electrons. The van der Waals surface area contributed by atoms with Crippen LogP contribution in [-0.4, -0.2) is 34.5 Å². The molecule has 0 spiro atoms. The lowest BCUT2D eigenvalue weighted by atomic mass is 10.7. The van der Waals surface area contributed by atoms with Crippen LogP contribution < -0.4 is 0 Å². The minimum absolute atomic E-state index is 1.12. The molecule has 0 amide bonds. The summed E-state index contributed by atoms with van der Waals surface area (Å²) in [5.41, 5.74) is 0. The molecule has 14 heavy (non-hydrogen) atoms. The fraction of sp³-hybridized carbons (Fsp3) is 1.00. The first-order chi connectivity index (χ1) is 6.29. The van der Waals surface area contributed by atoms with Crippen LogP contribution in [0.15, 0.2) is 0 Å². The van der Waals surface area contributed by atoms with Crippen LogP contribution in [0.25, 0.3) is 0 Å². The molecule has 0 aliphatic heterocycles. The Morgan fingerprint density at radius 2 is 1.36 bits per heavy atom. The topological polar surface area (TPSA) is 12.5 Å². The summed E-state index contributed by atoms with van der Waals surface area (Å²) < 4.78 is 8.97. The van der Waals surface area contributed by atoms with Crippen LogP contribution in [0.5, 0.6) is 0 Å². The van der Waals surface area contributed by atoms with E-state index in [0.29, 0.717) is 0 Å². The Morgan fingerprint density at radius 1 is 0.929 bits per heavy atom. The Morgan fingerprint density at radius 3 is 1.57 bits per heavy atom. The van der Waals surface area contributed by atoms with E-state index in [9.17, 15) is 0 Å². The van der Waals surface area contributed by atoms with Gasteiger partial charge in [-0.25, -0.2) is 0 Å². The average molecular weight is 234 g/mol. The number of hydrogen-bond donors (Lipinski definition) is 0. The lowest BCUT2D eigenvalue weighted by Gasteiger charge is -2.41. The van der Waals surface area contributed by atoms with Gasteiger partial charge >= 0.3 is 0 Å². The maximum atomic E-state index is 6.42. The van der Waals surface area contributed by atoms with Gasteiger partial charge in [0.25, 0.3) is 8.48 Å². The van der Waals surface area contributed by atoms with Crippen molar-refractivity contribution in [3.8, 4) is 0 Å². The third-order valence-corrected chi connectivity index (χ3v) is 10.1. The highest BCUT2D eigenvalue weighted by molar-refractivity contribution is 6.83. The Balaban J connectivity index is 4.60.